The van der Waals surface area contributed by atoms with Crippen LogP contribution in [0.2, 0.25) is 0 Å². The topological polar surface area (TPSA) is 55.6 Å². The Kier molecular flexibility index (Phi) is 6.57. The van der Waals surface area contributed by atoms with E-state index in [1.54, 1.807) is 18.3 Å². The summed E-state index contributed by atoms with van der Waals surface area (Å²) >= 11 is 0. The molecule has 0 radical (unpaired) electrons. The molecule has 2 aliphatic carbocycles. The van der Waals surface area contributed by atoms with Gasteiger partial charge in [0.25, 0.3) is 0 Å². The summed E-state index contributed by atoms with van der Waals surface area (Å²) in [5.41, 5.74) is 3.25. The molecule has 5 nitrogen and oxygen atoms in total. The molecule has 2 saturated carbocycles. The maximum absolute atomic E-state index is 13.6. The third-order valence-corrected chi connectivity index (χ3v) is 7.16. The molecule has 3 aromatic rings. The number of hydrogen-bond donors (Lipinski definition) is 1. The molecule has 0 atom stereocenters. The van der Waals surface area contributed by atoms with Gasteiger partial charge in [-0.25, -0.2) is 28.1 Å². The maximum Gasteiger partial charge on any atom is 0.248 e. The summed E-state index contributed by atoms with van der Waals surface area (Å²) in [6.45, 7) is 0.576. The van der Waals surface area contributed by atoms with Crippen LogP contribution in [0.25, 0.3) is 22.6 Å². The van der Waals surface area contributed by atoms with Gasteiger partial charge in [0.05, 0.1) is 23.4 Å². The Morgan fingerprint density at radius 3 is 2.41 bits per heavy atom. The minimum absolute atomic E-state index is 0.0537. The highest BCUT2D eigenvalue weighted by atomic mass is 19.3. The van der Waals surface area contributed by atoms with Crippen LogP contribution < -0.4 is 5.32 Å². The number of rotatable bonds is 6. The van der Waals surface area contributed by atoms with Crippen LogP contribution in [0.1, 0.15) is 63.8 Å². The zero-order valence-electron chi connectivity index (χ0n) is 19.2. The number of halogens is 3. The van der Waals surface area contributed by atoms with Crippen LogP contribution in [-0.2, 0) is 0 Å². The molecule has 0 spiro atoms. The first kappa shape index (κ1) is 22.9. The van der Waals surface area contributed by atoms with Gasteiger partial charge in [0.2, 0.25) is 11.9 Å². The van der Waals surface area contributed by atoms with Gasteiger partial charge >= 0.3 is 0 Å². The van der Waals surface area contributed by atoms with Gasteiger partial charge in [-0.3, -0.25) is 0 Å². The minimum atomic E-state index is -2.53. The molecule has 2 aromatic heterocycles. The highest BCUT2D eigenvalue weighted by Gasteiger charge is 2.34. The predicted molar refractivity (Wildman–Crippen MR) is 126 cm³/mol. The van der Waals surface area contributed by atoms with Crippen LogP contribution in [0.4, 0.5) is 19.1 Å². The molecule has 1 aromatic carbocycles. The molecule has 0 bridgehead atoms. The Morgan fingerprint density at radius 1 is 0.941 bits per heavy atom. The molecule has 8 heteroatoms. The molecular formula is C26H30F3N5. The van der Waals surface area contributed by atoms with Crippen molar-refractivity contribution in [1.82, 2.24) is 19.5 Å². The number of nitrogens with one attached hydrogen (secondary N) is 1. The summed E-state index contributed by atoms with van der Waals surface area (Å²) in [6.07, 6.45) is 10.3. The third-order valence-electron chi connectivity index (χ3n) is 7.16. The quantitative estimate of drug-likeness (QED) is 0.427. The number of nitrogens with zero attached hydrogens (tertiary/aromatic N) is 4. The summed E-state index contributed by atoms with van der Waals surface area (Å²) in [6, 6.07) is 8.59. The number of imidazole rings is 1. The van der Waals surface area contributed by atoms with Crippen LogP contribution >= 0.6 is 0 Å². The number of hydrogen-bond acceptors (Lipinski definition) is 4. The molecule has 5 rings (SSSR count). The van der Waals surface area contributed by atoms with Gasteiger partial charge in [-0.2, -0.15) is 0 Å². The number of benzene rings is 1. The van der Waals surface area contributed by atoms with E-state index in [0.29, 0.717) is 31.4 Å². The lowest BCUT2D eigenvalue weighted by molar-refractivity contribution is -0.0443. The third kappa shape index (κ3) is 5.10. The second-order valence-corrected chi connectivity index (χ2v) is 9.59. The number of alkyl halides is 2. The van der Waals surface area contributed by atoms with Gasteiger partial charge in [-0.1, -0.05) is 19.3 Å². The summed E-state index contributed by atoms with van der Waals surface area (Å²) in [7, 11) is 0. The predicted octanol–water partition coefficient (Wildman–Crippen LogP) is 6.89. The van der Waals surface area contributed by atoms with E-state index in [4.69, 9.17) is 9.97 Å². The molecule has 0 unspecified atom stereocenters. The van der Waals surface area contributed by atoms with Crippen molar-refractivity contribution in [3.63, 3.8) is 0 Å². The van der Waals surface area contributed by atoms with Crippen LogP contribution in [0.15, 0.2) is 42.9 Å². The smallest absolute Gasteiger partial charge is 0.248 e. The Balaban J connectivity index is 1.42. The number of aromatic nitrogens is 4. The SMILES string of the molecule is Fc1ccc(-c2ncn(C3CCCCC3)c2-c2ccnc(NCC3CCC(F)(F)CC3)n2)cc1. The van der Waals surface area contributed by atoms with Crippen LogP contribution in [0, 0.1) is 11.7 Å². The Bertz CT molecular complexity index is 1100. The lowest BCUT2D eigenvalue weighted by atomic mass is 9.87. The van der Waals surface area contributed by atoms with E-state index in [2.05, 4.69) is 14.9 Å². The van der Waals surface area contributed by atoms with Gasteiger partial charge in [0, 0.05) is 37.2 Å². The maximum atomic E-state index is 13.6. The Labute approximate surface area is 197 Å². The van der Waals surface area contributed by atoms with Crippen molar-refractivity contribution >= 4 is 5.95 Å². The molecule has 0 amide bonds. The lowest BCUT2D eigenvalue weighted by Gasteiger charge is -2.28. The first-order valence-corrected chi connectivity index (χ1v) is 12.3. The molecule has 2 aliphatic rings. The van der Waals surface area contributed by atoms with Crippen molar-refractivity contribution in [2.45, 2.75) is 69.8 Å². The molecule has 2 heterocycles. The van der Waals surface area contributed by atoms with Crippen molar-refractivity contribution in [3.05, 3.63) is 48.7 Å². The largest absolute Gasteiger partial charge is 0.354 e. The van der Waals surface area contributed by atoms with Gasteiger partial charge in [0.15, 0.2) is 0 Å². The van der Waals surface area contributed by atoms with Crippen LogP contribution in [-0.4, -0.2) is 32.0 Å². The molecule has 34 heavy (non-hydrogen) atoms. The second kappa shape index (κ2) is 9.76. The first-order chi connectivity index (χ1) is 16.5. The molecule has 0 saturated heterocycles. The summed E-state index contributed by atoms with van der Waals surface area (Å²) in [5, 5.41) is 3.26. The van der Waals surface area contributed by atoms with Crippen molar-refractivity contribution in [1.29, 1.82) is 0 Å². The Morgan fingerprint density at radius 2 is 1.68 bits per heavy atom. The van der Waals surface area contributed by atoms with Gasteiger partial charge < -0.3 is 9.88 Å². The molecule has 2 fully saturated rings. The highest BCUT2D eigenvalue weighted by Crippen LogP contribution is 2.38. The van der Waals surface area contributed by atoms with Crippen molar-refractivity contribution in [2.75, 3.05) is 11.9 Å². The van der Waals surface area contributed by atoms with E-state index in [-0.39, 0.29) is 24.6 Å². The van der Waals surface area contributed by atoms with E-state index >= 15 is 0 Å². The Hall–Kier alpha value is -2.90. The van der Waals surface area contributed by atoms with Crippen molar-refractivity contribution < 1.29 is 13.2 Å². The van der Waals surface area contributed by atoms with Crippen LogP contribution in [0.3, 0.4) is 0 Å². The fourth-order valence-corrected chi connectivity index (χ4v) is 5.19. The van der Waals surface area contributed by atoms with E-state index in [1.807, 2.05) is 12.4 Å². The molecule has 1 N–H and O–H groups in total. The fraction of sp³-hybridized carbons (Fsp3) is 0.500. The average molecular weight is 470 g/mol. The summed E-state index contributed by atoms with van der Waals surface area (Å²) in [4.78, 5) is 13.9. The van der Waals surface area contributed by atoms with Crippen molar-refractivity contribution in [3.8, 4) is 22.6 Å². The number of anilines is 1. The van der Waals surface area contributed by atoms with E-state index in [1.165, 1.54) is 31.4 Å². The van der Waals surface area contributed by atoms with Gasteiger partial charge in [-0.05, 0) is 61.9 Å². The zero-order valence-corrected chi connectivity index (χ0v) is 19.2. The fourth-order valence-electron chi connectivity index (χ4n) is 5.19. The van der Waals surface area contributed by atoms with Gasteiger partial charge in [-0.15, -0.1) is 0 Å². The second-order valence-electron chi connectivity index (χ2n) is 9.59. The standard InChI is InChI=1S/C26H30F3N5/c27-20-8-6-19(7-9-20)23-24(34(17-32-23)21-4-2-1-3-5-21)22-12-15-30-25(33-22)31-16-18-10-13-26(28,29)14-11-18/h6-9,12,15,17-18,21H,1-5,10-11,13-14,16H2,(H,30,31,33). The van der Waals surface area contributed by atoms with E-state index in [0.717, 1.165) is 35.5 Å². The highest BCUT2D eigenvalue weighted by molar-refractivity contribution is 5.77. The zero-order chi connectivity index (χ0) is 23.5. The monoisotopic (exact) mass is 469 g/mol. The van der Waals surface area contributed by atoms with Gasteiger partial charge in [0.1, 0.15) is 5.82 Å². The molecule has 180 valence electrons. The average Bonchev–Trinajstić information content (AvgIpc) is 3.30. The minimum Gasteiger partial charge on any atom is -0.354 e. The summed E-state index contributed by atoms with van der Waals surface area (Å²) in [5.74, 6) is -2.14. The molecule has 0 aliphatic heterocycles. The summed E-state index contributed by atoms with van der Waals surface area (Å²) < 4.78 is 42.7. The van der Waals surface area contributed by atoms with E-state index in [9.17, 15) is 13.2 Å². The lowest BCUT2D eigenvalue weighted by Crippen LogP contribution is -2.28. The van der Waals surface area contributed by atoms with Crippen molar-refractivity contribution in [2.24, 2.45) is 5.92 Å². The molecular weight excluding hydrogens is 439 g/mol. The van der Waals surface area contributed by atoms with E-state index < -0.39 is 5.92 Å². The van der Waals surface area contributed by atoms with Crippen LogP contribution in [0.5, 0.6) is 0 Å². The first-order valence-electron chi connectivity index (χ1n) is 12.3. The normalized spacial score (nSPS) is 19.3.